The fourth-order valence-electron chi connectivity index (χ4n) is 1.38. The van der Waals surface area contributed by atoms with Crippen LogP contribution in [0.25, 0.3) is 0 Å². The molecule has 0 spiro atoms. The highest BCUT2D eigenvalue weighted by Crippen LogP contribution is 2.36. The molecule has 1 aromatic rings. The summed E-state index contributed by atoms with van der Waals surface area (Å²) in [5.74, 6) is 1.59. The van der Waals surface area contributed by atoms with Crippen molar-refractivity contribution in [1.82, 2.24) is 0 Å². The second-order valence-corrected chi connectivity index (χ2v) is 3.43. The van der Waals surface area contributed by atoms with Crippen molar-refractivity contribution in [2.24, 2.45) is 0 Å². The lowest BCUT2D eigenvalue weighted by molar-refractivity contribution is 0.0704. The van der Waals surface area contributed by atoms with Crippen molar-refractivity contribution in [2.45, 2.75) is 0 Å². The quantitative estimate of drug-likeness (QED) is 0.526. The third-order valence-corrected chi connectivity index (χ3v) is 2.25. The maximum Gasteiger partial charge on any atom is 0.149 e. The average Bonchev–Trinajstić information content (AvgIpc) is 2.40. The van der Waals surface area contributed by atoms with Crippen LogP contribution in [0.1, 0.15) is 0 Å². The van der Waals surface area contributed by atoms with Gasteiger partial charge in [0.25, 0.3) is 0 Å². The van der Waals surface area contributed by atoms with Gasteiger partial charge in [-0.2, -0.15) is 0 Å². The van der Waals surface area contributed by atoms with Gasteiger partial charge in [-0.05, 0) is 0 Å². The highest BCUT2D eigenvalue weighted by Gasteiger charge is 2.09. The lowest BCUT2D eigenvalue weighted by atomic mass is 10.2. The molecule has 0 heterocycles. The zero-order valence-corrected chi connectivity index (χ0v) is 10.6. The molecule has 0 aliphatic rings. The molecule has 6 heteroatoms. The number of hydrogen-bond donors (Lipinski definition) is 2. The van der Waals surface area contributed by atoms with Gasteiger partial charge in [0.1, 0.15) is 29.5 Å². The van der Waals surface area contributed by atoms with Crippen molar-refractivity contribution < 1.29 is 24.1 Å². The molecule has 1 aromatic carbocycles. The monoisotopic (exact) mass is 257 g/mol. The van der Waals surface area contributed by atoms with E-state index in [0.29, 0.717) is 42.8 Å². The SMILES string of the molecule is COc1cc(OCCOCCO)cc(OC)c1N. The van der Waals surface area contributed by atoms with Crippen LogP contribution in [0.2, 0.25) is 0 Å². The standard InChI is InChI=1S/C12H19NO5/c1-15-10-7-9(8-11(16-2)12(10)13)18-6-5-17-4-3-14/h7-8,14H,3-6,13H2,1-2H3. The molecule has 0 saturated heterocycles. The first-order valence-electron chi connectivity index (χ1n) is 5.55. The molecule has 0 radical (unpaired) electrons. The van der Waals surface area contributed by atoms with Gasteiger partial charge >= 0.3 is 0 Å². The van der Waals surface area contributed by atoms with Gasteiger partial charge in [0.15, 0.2) is 0 Å². The van der Waals surface area contributed by atoms with Crippen molar-refractivity contribution in [3.8, 4) is 17.2 Å². The van der Waals surface area contributed by atoms with E-state index in [1.807, 2.05) is 0 Å². The number of anilines is 1. The van der Waals surface area contributed by atoms with Crippen LogP contribution in [0, 0.1) is 0 Å². The molecule has 6 nitrogen and oxygen atoms in total. The van der Waals surface area contributed by atoms with E-state index in [4.69, 9.17) is 29.8 Å². The maximum absolute atomic E-state index is 8.54. The summed E-state index contributed by atoms with van der Waals surface area (Å²) >= 11 is 0. The number of rotatable bonds is 8. The van der Waals surface area contributed by atoms with E-state index in [-0.39, 0.29) is 6.61 Å². The Morgan fingerprint density at radius 2 is 1.67 bits per heavy atom. The van der Waals surface area contributed by atoms with E-state index in [2.05, 4.69) is 0 Å². The number of methoxy groups -OCH3 is 2. The Labute approximate surface area is 106 Å². The van der Waals surface area contributed by atoms with Gasteiger partial charge in [-0.25, -0.2) is 0 Å². The minimum atomic E-state index is 0.00349. The van der Waals surface area contributed by atoms with Crippen molar-refractivity contribution in [2.75, 3.05) is 46.4 Å². The molecule has 0 unspecified atom stereocenters. The number of aliphatic hydroxyl groups is 1. The number of benzene rings is 1. The predicted molar refractivity (Wildman–Crippen MR) is 67.4 cm³/mol. The van der Waals surface area contributed by atoms with Crippen LogP contribution >= 0.6 is 0 Å². The highest BCUT2D eigenvalue weighted by atomic mass is 16.5. The van der Waals surface area contributed by atoms with E-state index in [9.17, 15) is 0 Å². The molecule has 0 bridgehead atoms. The van der Waals surface area contributed by atoms with Crippen LogP contribution in [0.4, 0.5) is 5.69 Å². The van der Waals surface area contributed by atoms with E-state index < -0.39 is 0 Å². The van der Waals surface area contributed by atoms with Crippen LogP contribution in [0.3, 0.4) is 0 Å². The Morgan fingerprint density at radius 3 is 2.17 bits per heavy atom. The third kappa shape index (κ3) is 3.97. The van der Waals surface area contributed by atoms with Gasteiger partial charge in [0.2, 0.25) is 0 Å². The molecule has 18 heavy (non-hydrogen) atoms. The zero-order chi connectivity index (χ0) is 13.4. The van der Waals surface area contributed by atoms with Gasteiger partial charge in [0.05, 0.1) is 34.0 Å². The number of nitrogens with two attached hydrogens (primary N) is 1. The maximum atomic E-state index is 8.54. The molecule has 102 valence electrons. The minimum absolute atomic E-state index is 0.00349. The summed E-state index contributed by atoms with van der Waals surface area (Å²) < 4.78 is 20.8. The lowest BCUT2D eigenvalue weighted by Gasteiger charge is -2.13. The van der Waals surface area contributed by atoms with Crippen molar-refractivity contribution >= 4 is 5.69 Å². The Balaban J connectivity index is 2.60. The summed E-state index contributed by atoms with van der Waals surface area (Å²) in [6.45, 7) is 1.08. The van der Waals surface area contributed by atoms with Crippen LogP contribution in [0.5, 0.6) is 17.2 Å². The van der Waals surface area contributed by atoms with Crippen molar-refractivity contribution in [3.63, 3.8) is 0 Å². The fourth-order valence-corrected chi connectivity index (χ4v) is 1.38. The summed E-state index contributed by atoms with van der Waals surface area (Å²) in [5.41, 5.74) is 6.24. The molecule has 0 fully saturated rings. The molecule has 0 saturated carbocycles. The molecule has 0 amide bonds. The molecular formula is C12H19NO5. The van der Waals surface area contributed by atoms with Crippen molar-refractivity contribution in [3.05, 3.63) is 12.1 Å². The number of nitrogen functional groups attached to an aromatic ring is 1. The van der Waals surface area contributed by atoms with Gasteiger partial charge in [0, 0.05) is 12.1 Å². The highest BCUT2D eigenvalue weighted by molar-refractivity contribution is 5.65. The number of aliphatic hydroxyl groups excluding tert-OH is 1. The first-order chi connectivity index (χ1) is 8.72. The van der Waals surface area contributed by atoms with Crippen LogP contribution in [-0.2, 0) is 4.74 Å². The largest absolute Gasteiger partial charge is 0.494 e. The Bertz CT molecular complexity index is 344. The number of ether oxygens (including phenoxy) is 4. The summed E-state index contributed by atoms with van der Waals surface area (Å²) in [6, 6.07) is 3.37. The van der Waals surface area contributed by atoms with E-state index >= 15 is 0 Å². The second-order valence-electron chi connectivity index (χ2n) is 3.43. The Hall–Kier alpha value is -1.66. The zero-order valence-electron chi connectivity index (χ0n) is 10.6. The van der Waals surface area contributed by atoms with Gasteiger partial charge < -0.3 is 29.8 Å². The minimum Gasteiger partial charge on any atom is -0.494 e. The molecule has 0 aliphatic heterocycles. The lowest BCUT2D eigenvalue weighted by Crippen LogP contribution is -2.09. The molecule has 0 aliphatic carbocycles. The van der Waals surface area contributed by atoms with E-state index in [1.54, 1.807) is 12.1 Å². The van der Waals surface area contributed by atoms with E-state index in [1.165, 1.54) is 14.2 Å². The first-order valence-corrected chi connectivity index (χ1v) is 5.55. The summed E-state index contributed by atoms with van der Waals surface area (Å²) in [4.78, 5) is 0. The Kier molecular flexibility index (Phi) is 6.10. The van der Waals surface area contributed by atoms with Gasteiger partial charge in [-0.15, -0.1) is 0 Å². The molecule has 0 atom stereocenters. The predicted octanol–water partition coefficient (Wildman–Crippen LogP) is 0.674. The van der Waals surface area contributed by atoms with Crippen LogP contribution in [-0.4, -0.2) is 45.8 Å². The summed E-state index contributed by atoms with van der Waals surface area (Å²) in [6.07, 6.45) is 0. The van der Waals surface area contributed by atoms with Gasteiger partial charge in [-0.3, -0.25) is 0 Å². The first kappa shape index (κ1) is 14.4. The van der Waals surface area contributed by atoms with E-state index in [0.717, 1.165) is 0 Å². The molecular weight excluding hydrogens is 238 g/mol. The normalized spacial score (nSPS) is 10.2. The second kappa shape index (κ2) is 7.62. The van der Waals surface area contributed by atoms with Crippen LogP contribution in [0.15, 0.2) is 12.1 Å². The van der Waals surface area contributed by atoms with Crippen LogP contribution < -0.4 is 19.9 Å². The summed E-state index contributed by atoms with van der Waals surface area (Å²) in [5, 5.41) is 8.54. The third-order valence-electron chi connectivity index (χ3n) is 2.25. The molecule has 1 rings (SSSR count). The average molecular weight is 257 g/mol. The smallest absolute Gasteiger partial charge is 0.149 e. The fraction of sp³-hybridized carbons (Fsp3) is 0.500. The molecule has 3 N–H and O–H groups in total. The van der Waals surface area contributed by atoms with Crippen molar-refractivity contribution in [1.29, 1.82) is 0 Å². The Morgan fingerprint density at radius 1 is 1.06 bits per heavy atom. The number of hydrogen-bond acceptors (Lipinski definition) is 6. The topological polar surface area (TPSA) is 83.2 Å². The van der Waals surface area contributed by atoms with Gasteiger partial charge in [-0.1, -0.05) is 0 Å². The summed E-state index contributed by atoms with van der Waals surface area (Å²) in [7, 11) is 3.05. The molecule has 0 aromatic heterocycles.